The maximum atomic E-state index is 12.6. The van der Waals surface area contributed by atoms with Crippen molar-refractivity contribution in [3.63, 3.8) is 0 Å². The van der Waals surface area contributed by atoms with E-state index in [4.69, 9.17) is 0 Å². The van der Waals surface area contributed by atoms with Crippen molar-refractivity contribution in [3.8, 4) is 0 Å². The molecule has 1 fully saturated rings. The third-order valence-corrected chi connectivity index (χ3v) is 14.4. The van der Waals surface area contributed by atoms with Crippen LogP contribution in [0.1, 0.15) is 81.1 Å². The molecule has 2 atom stereocenters. The van der Waals surface area contributed by atoms with Crippen LogP contribution in [0.15, 0.2) is 0 Å². The zero-order valence-electron chi connectivity index (χ0n) is 17.2. The van der Waals surface area contributed by atoms with Gasteiger partial charge in [0, 0.05) is 18.9 Å². The lowest BCUT2D eigenvalue weighted by molar-refractivity contribution is -0.144. The Bertz CT molecular complexity index is 423. The lowest BCUT2D eigenvalue weighted by Gasteiger charge is -2.43. The van der Waals surface area contributed by atoms with Gasteiger partial charge in [-0.2, -0.15) is 0 Å². The zero-order chi connectivity index (χ0) is 18.7. The van der Waals surface area contributed by atoms with Gasteiger partial charge in [-0.15, -0.1) is 0 Å². The van der Waals surface area contributed by atoms with Crippen LogP contribution in [0.3, 0.4) is 0 Å². The van der Waals surface area contributed by atoms with E-state index in [2.05, 4.69) is 48.5 Å². The molecule has 0 saturated carbocycles. The van der Waals surface area contributed by atoms with E-state index in [0.717, 1.165) is 42.3 Å². The third kappa shape index (κ3) is 4.12. The minimum absolute atomic E-state index is 0.0667. The van der Waals surface area contributed by atoms with Crippen molar-refractivity contribution >= 4 is 19.9 Å². The van der Waals surface area contributed by atoms with Gasteiger partial charge in [0.05, 0.1) is 8.07 Å². The normalized spacial score (nSPS) is 22.3. The van der Waals surface area contributed by atoms with Crippen molar-refractivity contribution in [2.45, 2.75) is 110 Å². The summed E-state index contributed by atoms with van der Waals surface area (Å²) in [4.78, 5) is 25.9. The van der Waals surface area contributed by atoms with Gasteiger partial charge in [0.25, 0.3) is 0 Å². The summed E-state index contributed by atoms with van der Waals surface area (Å²) in [6, 6.07) is 1.43. The van der Waals surface area contributed by atoms with Gasteiger partial charge >= 0.3 is 0 Å². The average molecular weight is 354 g/mol. The van der Waals surface area contributed by atoms with E-state index >= 15 is 0 Å². The highest BCUT2D eigenvalue weighted by Crippen LogP contribution is 2.46. The number of nitrogens with zero attached hydrogens (tertiary/aromatic N) is 1. The van der Waals surface area contributed by atoms with Crippen LogP contribution in [0, 0.1) is 5.92 Å². The Kier molecular flexibility index (Phi) is 7.70. The van der Waals surface area contributed by atoms with Crippen LogP contribution < -0.4 is 0 Å². The van der Waals surface area contributed by atoms with Gasteiger partial charge in [0.15, 0.2) is 0 Å². The molecule has 0 aromatic rings. The molecule has 0 spiro atoms. The summed E-state index contributed by atoms with van der Waals surface area (Å²) in [7, 11) is -1.38. The van der Waals surface area contributed by atoms with E-state index in [1.54, 1.807) is 0 Å². The van der Waals surface area contributed by atoms with Gasteiger partial charge in [-0.05, 0) is 19.3 Å². The number of amides is 2. The fraction of sp³-hybridized carbons (Fsp3) is 0.900. The summed E-state index contributed by atoms with van der Waals surface area (Å²) in [6.07, 6.45) is 3.85. The predicted molar refractivity (Wildman–Crippen MR) is 105 cm³/mol. The molecule has 1 rings (SSSR count). The second-order valence-corrected chi connectivity index (χ2v) is 14.9. The fourth-order valence-corrected chi connectivity index (χ4v) is 12.0. The quantitative estimate of drug-likeness (QED) is 0.531. The number of carbonyl (C=O) groups excluding carboxylic acids is 2. The van der Waals surface area contributed by atoms with Crippen molar-refractivity contribution in [2.24, 2.45) is 5.92 Å². The minimum atomic E-state index is -1.38. The van der Waals surface area contributed by atoms with Crippen LogP contribution in [0.4, 0.5) is 0 Å². The molecule has 4 heteroatoms. The van der Waals surface area contributed by atoms with Crippen LogP contribution in [0.2, 0.25) is 22.7 Å². The van der Waals surface area contributed by atoms with Crippen LogP contribution in [0.25, 0.3) is 0 Å². The number of rotatable bonds is 8. The molecule has 0 radical (unpaired) electrons. The summed E-state index contributed by atoms with van der Waals surface area (Å²) in [6.45, 7) is 18.0. The first-order valence-electron chi connectivity index (χ1n) is 9.93. The van der Waals surface area contributed by atoms with Crippen molar-refractivity contribution < 1.29 is 9.59 Å². The molecule has 0 aliphatic carbocycles. The standard InChI is InChI=1S/C20H39NO2Si/c1-9-19-13-18(20(23)21(19)17(8)22)11-10-12-24(14(2)3,15(4)5)16(6)7/h14-16,18-19H,9-13H2,1-8H3/t18-,19+/m1/s1. The van der Waals surface area contributed by atoms with Crippen LogP contribution >= 0.6 is 0 Å². The molecule has 1 heterocycles. The first-order valence-corrected chi connectivity index (χ1v) is 12.4. The van der Waals surface area contributed by atoms with E-state index in [9.17, 15) is 9.59 Å². The second kappa shape index (κ2) is 8.64. The highest BCUT2D eigenvalue weighted by molar-refractivity contribution is 6.83. The highest BCUT2D eigenvalue weighted by Gasteiger charge is 2.43. The summed E-state index contributed by atoms with van der Waals surface area (Å²) in [5.74, 6) is 0.0712. The smallest absolute Gasteiger partial charge is 0.232 e. The van der Waals surface area contributed by atoms with E-state index in [1.807, 2.05) is 0 Å². The monoisotopic (exact) mass is 353 g/mol. The topological polar surface area (TPSA) is 37.4 Å². The molecule has 1 aliphatic heterocycles. The molecule has 0 unspecified atom stereocenters. The molecule has 0 aromatic heterocycles. The summed E-state index contributed by atoms with van der Waals surface area (Å²) in [5.41, 5.74) is 2.32. The Balaban J connectivity index is 2.75. The van der Waals surface area contributed by atoms with Crippen molar-refractivity contribution in [1.29, 1.82) is 0 Å². The molecular formula is C20H39NO2Si. The van der Waals surface area contributed by atoms with Crippen LogP contribution in [-0.4, -0.2) is 30.8 Å². The Hall–Kier alpha value is -0.643. The predicted octanol–water partition coefficient (Wildman–Crippen LogP) is 5.62. The fourth-order valence-electron chi connectivity index (χ4n) is 5.43. The summed E-state index contributed by atoms with van der Waals surface area (Å²) >= 11 is 0. The van der Waals surface area contributed by atoms with E-state index in [-0.39, 0.29) is 23.8 Å². The molecule has 1 aliphatic rings. The van der Waals surface area contributed by atoms with Crippen LogP contribution in [-0.2, 0) is 9.59 Å². The Morgan fingerprint density at radius 3 is 1.96 bits per heavy atom. The van der Waals surface area contributed by atoms with Gasteiger partial charge in [-0.1, -0.05) is 77.6 Å². The third-order valence-electron chi connectivity index (χ3n) is 6.71. The summed E-state index contributed by atoms with van der Waals surface area (Å²) in [5, 5.41) is 0. The molecule has 1 saturated heterocycles. The van der Waals surface area contributed by atoms with E-state index in [0.29, 0.717) is 0 Å². The van der Waals surface area contributed by atoms with Gasteiger partial charge < -0.3 is 0 Å². The summed E-state index contributed by atoms with van der Waals surface area (Å²) < 4.78 is 0. The minimum Gasteiger partial charge on any atom is -0.280 e. The first-order chi connectivity index (χ1) is 11.1. The maximum absolute atomic E-state index is 12.6. The van der Waals surface area contributed by atoms with Gasteiger partial charge in [0.2, 0.25) is 11.8 Å². The number of hydrogen-bond donors (Lipinski definition) is 0. The Morgan fingerprint density at radius 1 is 1.12 bits per heavy atom. The molecule has 0 aromatic carbocycles. The van der Waals surface area contributed by atoms with E-state index < -0.39 is 8.07 Å². The molecule has 140 valence electrons. The number of carbonyl (C=O) groups is 2. The van der Waals surface area contributed by atoms with Crippen molar-refractivity contribution in [2.75, 3.05) is 0 Å². The lowest BCUT2D eigenvalue weighted by Crippen LogP contribution is -2.44. The SMILES string of the molecule is CC[C@H]1C[C@@H](CCC[Si](C(C)C)(C(C)C)C(C)C)C(=O)N1C(C)=O. The highest BCUT2D eigenvalue weighted by atomic mass is 28.3. The first kappa shape index (κ1) is 21.4. The average Bonchev–Trinajstić information content (AvgIpc) is 2.78. The molecule has 24 heavy (non-hydrogen) atoms. The van der Waals surface area contributed by atoms with Gasteiger partial charge in [-0.3, -0.25) is 14.5 Å². The zero-order valence-corrected chi connectivity index (χ0v) is 18.2. The Labute approximate surface area is 150 Å². The largest absolute Gasteiger partial charge is 0.280 e. The molecule has 0 N–H and O–H groups in total. The Morgan fingerprint density at radius 2 is 1.62 bits per heavy atom. The number of imide groups is 1. The van der Waals surface area contributed by atoms with E-state index in [1.165, 1.54) is 17.9 Å². The molecule has 3 nitrogen and oxygen atoms in total. The van der Waals surface area contributed by atoms with Gasteiger partial charge in [0.1, 0.15) is 0 Å². The molecule has 2 amide bonds. The van der Waals surface area contributed by atoms with Crippen molar-refractivity contribution in [1.82, 2.24) is 4.90 Å². The number of likely N-dealkylation sites (tertiary alicyclic amines) is 1. The number of hydrogen-bond acceptors (Lipinski definition) is 2. The van der Waals surface area contributed by atoms with Crippen molar-refractivity contribution in [3.05, 3.63) is 0 Å². The lowest BCUT2D eigenvalue weighted by atomic mass is 9.99. The molecular weight excluding hydrogens is 314 g/mol. The van der Waals surface area contributed by atoms with Crippen LogP contribution in [0.5, 0.6) is 0 Å². The maximum Gasteiger partial charge on any atom is 0.232 e. The molecule has 0 bridgehead atoms. The second-order valence-electron chi connectivity index (χ2n) is 8.69. The van der Waals surface area contributed by atoms with Gasteiger partial charge in [-0.25, -0.2) is 0 Å².